The van der Waals surface area contributed by atoms with Gasteiger partial charge < -0.3 is 10.3 Å². The molecule has 0 aromatic carbocycles. The maximum Gasteiger partial charge on any atom is 0.263 e. The molecule has 0 aliphatic carbocycles. The highest BCUT2D eigenvalue weighted by Gasteiger charge is 2.14. The number of aromatic nitrogens is 2. The molecule has 0 aliphatic heterocycles. The van der Waals surface area contributed by atoms with Crippen molar-refractivity contribution < 1.29 is 4.79 Å². The summed E-state index contributed by atoms with van der Waals surface area (Å²) < 4.78 is 0. The van der Waals surface area contributed by atoms with E-state index in [-0.39, 0.29) is 11.6 Å². The van der Waals surface area contributed by atoms with Gasteiger partial charge in [-0.05, 0) is 42.7 Å². The molecule has 2 aromatic heterocycles. The summed E-state index contributed by atoms with van der Waals surface area (Å²) in [5.74, 6) is 0.101. The van der Waals surface area contributed by atoms with Gasteiger partial charge in [-0.25, -0.2) is 4.98 Å². The second kappa shape index (κ2) is 5.79. The Kier molecular flexibility index (Phi) is 4.11. The first kappa shape index (κ1) is 13.5. The lowest BCUT2D eigenvalue weighted by Crippen LogP contribution is -2.37. The van der Waals surface area contributed by atoms with Crippen LogP contribution in [0.15, 0.2) is 27.8 Å². The van der Waals surface area contributed by atoms with Gasteiger partial charge in [-0.1, -0.05) is 0 Å². The van der Waals surface area contributed by atoms with Crippen molar-refractivity contribution >= 4 is 17.2 Å². The van der Waals surface area contributed by atoms with Gasteiger partial charge in [0.25, 0.3) is 11.5 Å². The lowest BCUT2D eigenvalue weighted by atomic mass is 10.1. The summed E-state index contributed by atoms with van der Waals surface area (Å²) in [6, 6.07) is 1.98. The summed E-state index contributed by atoms with van der Waals surface area (Å²) >= 11 is 1.62. The van der Waals surface area contributed by atoms with E-state index in [0.717, 1.165) is 6.42 Å². The van der Waals surface area contributed by atoms with Crippen LogP contribution >= 0.6 is 11.3 Å². The second-order valence-corrected chi connectivity index (χ2v) is 5.20. The molecule has 1 amide bonds. The fourth-order valence-electron chi connectivity index (χ4n) is 1.76. The van der Waals surface area contributed by atoms with E-state index in [9.17, 15) is 9.59 Å². The highest BCUT2D eigenvalue weighted by Crippen LogP contribution is 2.08. The number of aryl methyl sites for hydroxylation is 1. The van der Waals surface area contributed by atoms with Crippen molar-refractivity contribution in [3.05, 3.63) is 50.3 Å². The van der Waals surface area contributed by atoms with E-state index >= 15 is 0 Å². The number of hydrogen-bond acceptors (Lipinski definition) is 4. The molecular weight excluding hydrogens is 262 g/mol. The molecule has 0 spiro atoms. The number of carbonyl (C=O) groups excluding carboxylic acids is 1. The predicted octanol–water partition coefficient (Wildman–Crippen LogP) is 1.50. The van der Waals surface area contributed by atoms with Crippen LogP contribution in [-0.2, 0) is 6.42 Å². The Morgan fingerprint density at radius 1 is 1.58 bits per heavy atom. The van der Waals surface area contributed by atoms with E-state index in [1.54, 1.807) is 18.3 Å². The van der Waals surface area contributed by atoms with E-state index in [4.69, 9.17) is 0 Å². The molecule has 19 heavy (non-hydrogen) atoms. The van der Waals surface area contributed by atoms with Gasteiger partial charge in [-0.2, -0.15) is 11.3 Å². The van der Waals surface area contributed by atoms with E-state index in [2.05, 4.69) is 15.3 Å². The average molecular weight is 277 g/mol. The van der Waals surface area contributed by atoms with Crippen molar-refractivity contribution in [1.82, 2.24) is 15.3 Å². The number of thiophene rings is 1. The molecule has 0 aliphatic rings. The van der Waals surface area contributed by atoms with Gasteiger partial charge in [0.15, 0.2) is 0 Å². The van der Waals surface area contributed by atoms with Crippen LogP contribution in [-0.4, -0.2) is 21.9 Å². The van der Waals surface area contributed by atoms with E-state index < -0.39 is 11.5 Å². The molecule has 0 fully saturated rings. The van der Waals surface area contributed by atoms with Crippen molar-refractivity contribution in [2.75, 3.05) is 0 Å². The summed E-state index contributed by atoms with van der Waals surface area (Å²) in [7, 11) is 0. The van der Waals surface area contributed by atoms with E-state index in [1.807, 2.05) is 23.8 Å². The fourth-order valence-corrected chi connectivity index (χ4v) is 2.44. The Morgan fingerprint density at radius 3 is 3.00 bits per heavy atom. The van der Waals surface area contributed by atoms with Crippen LogP contribution in [0.5, 0.6) is 0 Å². The third kappa shape index (κ3) is 3.51. The van der Waals surface area contributed by atoms with Gasteiger partial charge in [0.05, 0.1) is 0 Å². The Hall–Kier alpha value is -1.95. The molecule has 2 N–H and O–H groups in total. The van der Waals surface area contributed by atoms with E-state index in [1.165, 1.54) is 11.8 Å². The quantitative estimate of drug-likeness (QED) is 0.889. The van der Waals surface area contributed by atoms with Crippen molar-refractivity contribution in [2.24, 2.45) is 0 Å². The van der Waals surface area contributed by atoms with Gasteiger partial charge >= 0.3 is 0 Å². The first-order chi connectivity index (χ1) is 9.06. The molecular formula is C13H15N3O2S. The fraction of sp³-hybridized carbons (Fsp3) is 0.308. The molecule has 5 nitrogen and oxygen atoms in total. The average Bonchev–Trinajstić information content (AvgIpc) is 2.81. The summed E-state index contributed by atoms with van der Waals surface area (Å²) in [4.78, 5) is 30.0. The van der Waals surface area contributed by atoms with Crippen LogP contribution in [0.25, 0.3) is 0 Å². The highest BCUT2D eigenvalue weighted by molar-refractivity contribution is 7.07. The number of amides is 1. The molecule has 0 saturated heterocycles. The van der Waals surface area contributed by atoms with Crippen LogP contribution in [0, 0.1) is 6.92 Å². The van der Waals surface area contributed by atoms with Crippen molar-refractivity contribution in [2.45, 2.75) is 26.3 Å². The molecule has 100 valence electrons. The molecule has 0 saturated carbocycles. The molecule has 0 unspecified atom stereocenters. The zero-order valence-electron chi connectivity index (χ0n) is 10.8. The molecule has 2 aromatic rings. The summed E-state index contributed by atoms with van der Waals surface area (Å²) in [6.07, 6.45) is 2.05. The standard InChI is InChI=1S/C13H15N3O2S/c1-8(5-10-3-4-19-7-10)15-12(17)11-6-14-9(2)16-13(11)18/h3-4,6-8H,5H2,1-2H3,(H,15,17)(H,14,16,18)/t8-/m1/s1. The van der Waals surface area contributed by atoms with Gasteiger partial charge in [-0.15, -0.1) is 0 Å². The third-order valence-corrected chi connectivity index (χ3v) is 3.40. The van der Waals surface area contributed by atoms with Crippen LogP contribution < -0.4 is 10.9 Å². The summed E-state index contributed by atoms with van der Waals surface area (Å²) in [6.45, 7) is 3.58. The molecule has 2 heterocycles. The van der Waals surface area contributed by atoms with Crippen molar-refractivity contribution in [3.63, 3.8) is 0 Å². The lowest BCUT2D eigenvalue weighted by Gasteiger charge is -2.12. The van der Waals surface area contributed by atoms with Gasteiger partial charge in [0.2, 0.25) is 0 Å². The maximum atomic E-state index is 11.9. The minimum atomic E-state index is -0.410. The normalized spacial score (nSPS) is 12.1. The highest BCUT2D eigenvalue weighted by atomic mass is 32.1. The number of H-pyrrole nitrogens is 1. The first-order valence-corrected chi connectivity index (χ1v) is 6.88. The number of nitrogens with zero attached hydrogens (tertiary/aromatic N) is 1. The van der Waals surface area contributed by atoms with Crippen LogP contribution in [0.3, 0.4) is 0 Å². The number of hydrogen-bond donors (Lipinski definition) is 2. The van der Waals surface area contributed by atoms with Gasteiger partial charge in [-0.3, -0.25) is 9.59 Å². The first-order valence-electron chi connectivity index (χ1n) is 5.94. The topological polar surface area (TPSA) is 74.8 Å². The lowest BCUT2D eigenvalue weighted by molar-refractivity contribution is 0.0938. The molecule has 0 bridgehead atoms. The minimum Gasteiger partial charge on any atom is -0.349 e. The third-order valence-electron chi connectivity index (χ3n) is 2.67. The molecule has 1 atom stereocenters. The van der Waals surface area contributed by atoms with Crippen molar-refractivity contribution in [3.8, 4) is 0 Å². The largest absolute Gasteiger partial charge is 0.349 e. The summed E-state index contributed by atoms with van der Waals surface area (Å²) in [5.41, 5.74) is 0.809. The second-order valence-electron chi connectivity index (χ2n) is 4.42. The number of nitrogens with one attached hydrogen (secondary N) is 2. The SMILES string of the molecule is Cc1ncc(C(=O)N[C@H](C)Cc2ccsc2)c(=O)[nH]1. The van der Waals surface area contributed by atoms with Gasteiger partial charge in [0.1, 0.15) is 11.4 Å². The van der Waals surface area contributed by atoms with Crippen molar-refractivity contribution in [1.29, 1.82) is 0 Å². The smallest absolute Gasteiger partial charge is 0.263 e. The molecule has 0 radical (unpaired) electrons. The van der Waals surface area contributed by atoms with Crippen LogP contribution in [0.4, 0.5) is 0 Å². The zero-order valence-corrected chi connectivity index (χ0v) is 11.6. The Morgan fingerprint density at radius 2 is 2.37 bits per heavy atom. The Labute approximate surface area is 114 Å². The summed E-state index contributed by atoms with van der Waals surface area (Å²) in [5, 5.41) is 6.84. The van der Waals surface area contributed by atoms with Crippen LogP contribution in [0.2, 0.25) is 0 Å². The minimum absolute atomic E-state index is 0.0391. The maximum absolute atomic E-state index is 11.9. The number of aromatic amines is 1. The predicted molar refractivity (Wildman–Crippen MR) is 74.5 cm³/mol. The molecule has 2 rings (SSSR count). The zero-order chi connectivity index (χ0) is 13.8. The Balaban J connectivity index is 2.02. The number of carbonyl (C=O) groups is 1. The van der Waals surface area contributed by atoms with E-state index in [0.29, 0.717) is 5.82 Å². The number of rotatable bonds is 4. The van der Waals surface area contributed by atoms with Crippen LogP contribution in [0.1, 0.15) is 28.7 Å². The Bertz CT molecular complexity index is 619. The van der Waals surface area contributed by atoms with Gasteiger partial charge in [0, 0.05) is 12.2 Å². The monoisotopic (exact) mass is 277 g/mol. The molecule has 6 heteroatoms.